The van der Waals surface area contributed by atoms with Gasteiger partial charge < -0.3 is 19.5 Å². The normalized spacial score (nSPS) is 19.6. The highest BCUT2D eigenvalue weighted by molar-refractivity contribution is 5.99. The van der Waals surface area contributed by atoms with Crippen LogP contribution >= 0.6 is 0 Å². The topological polar surface area (TPSA) is 54.8 Å². The number of β-amino-alcohol motifs (C(OH)–C–C–N with tert-alkyl or cyclic N) is 1. The number of aromatic nitrogens is 1. The molecule has 2 saturated heterocycles. The Hall–Kier alpha value is -2.47. The lowest BCUT2D eigenvalue weighted by molar-refractivity contribution is 0.0149. The Bertz CT molecular complexity index is 1020. The summed E-state index contributed by atoms with van der Waals surface area (Å²) in [4.78, 5) is 6.55. The Labute approximate surface area is 183 Å². The molecular formula is C26H30N2O3. The minimum absolute atomic E-state index is 0.281. The van der Waals surface area contributed by atoms with Crippen molar-refractivity contribution in [2.45, 2.75) is 25.4 Å². The molecule has 5 rings (SSSR count). The fourth-order valence-corrected chi connectivity index (χ4v) is 5.12. The van der Waals surface area contributed by atoms with E-state index in [1.807, 2.05) is 30.3 Å². The first kappa shape index (κ1) is 20.4. The molecule has 1 spiro atoms. The van der Waals surface area contributed by atoms with Gasteiger partial charge in [0.2, 0.25) is 0 Å². The standard InChI is InChI=1S/C26H30N2O3/c29-22(17-28-14-9-26(19-28)10-15-30-16-11-26)18-31-24-6-5-20-3-1-2-4-23(20)25(24)21-7-12-27-13-8-21/h1-8,12-13,22,29H,9-11,14-19H2. The summed E-state index contributed by atoms with van der Waals surface area (Å²) in [6.07, 6.45) is 6.57. The molecule has 2 fully saturated rings. The summed E-state index contributed by atoms with van der Waals surface area (Å²) in [6.45, 7) is 4.79. The zero-order valence-corrected chi connectivity index (χ0v) is 17.9. The average molecular weight is 419 g/mol. The molecule has 1 aromatic heterocycles. The van der Waals surface area contributed by atoms with E-state index in [0.29, 0.717) is 12.0 Å². The van der Waals surface area contributed by atoms with Crippen LogP contribution in [0.5, 0.6) is 5.75 Å². The number of rotatable bonds is 6. The van der Waals surface area contributed by atoms with Crippen LogP contribution in [0.2, 0.25) is 0 Å². The largest absolute Gasteiger partial charge is 0.490 e. The number of likely N-dealkylation sites (tertiary alicyclic amines) is 1. The number of benzene rings is 2. The van der Waals surface area contributed by atoms with Crippen LogP contribution in [0.4, 0.5) is 0 Å². The highest BCUT2D eigenvalue weighted by Gasteiger charge is 2.39. The fourth-order valence-electron chi connectivity index (χ4n) is 5.12. The quantitative estimate of drug-likeness (QED) is 0.652. The molecular weight excluding hydrogens is 388 g/mol. The second-order valence-corrected chi connectivity index (χ2v) is 8.96. The maximum atomic E-state index is 10.7. The molecule has 1 N–H and O–H groups in total. The minimum atomic E-state index is -0.522. The van der Waals surface area contributed by atoms with Gasteiger partial charge in [0.1, 0.15) is 18.5 Å². The molecule has 0 saturated carbocycles. The number of pyridine rings is 1. The summed E-state index contributed by atoms with van der Waals surface area (Å²) < 4.78 is 11.7. The summed E-state index contributed by atoms with van der Waals surface area (Å²) in [7, 11) is 0. The lowest BCUT2D eigenvalue weighted by Crippen LogP contribution is -2.37. The Morgan fingerprint density at radius 2 is 1.84 bits per heavy atom. The van der Waals surface area contributed by atoms with E-state index in [2.05, 4.69) is 28.1 Å². The number of fused-ring (bicyclic) bond motifs is 1. The van der Waals surface area contributed by atoms with Crippen molar-refractivity contribution in [2.75, 3.05) is 39.5 Å². The summed E-state index contributed by atoms with van der Waals surface area (Å²) in [6, 6.07) is 16.4. The van der Waals surface area contributed by atoms with Crippen LogP contribution in [-0.2, 0) is 4.74 Å². The molecule has 0 radical (unpaired) electrons. The molecule has 1 unspecified atom stereocenters. The number of nitrogens with zero attached hydrogens (tertiary/aromatic N) is 2. The third kappa shape index (κ3) is 4.45. The average Bonchev–Trinajstić information content (AvgIpc) is 3.19. The third-order valence-corrected chi connectivity index (χ3v) is 6.83. The Morgan fingerprint density at radius 3 is 2.68 bits per heavy atom. The van der Waals surface area contributed by atoms with E-state index >= 15 is 0 Å². The maximum Gasteiger partial charge on any atom is 0.127 e. The molecule has 5 nitrogen and oxygen atoms in total. The predicted octanol–water partition coefficient (Wildman–Crippen LogP) is 4.14. The van der Waals surface area contributed by atoms with E-state index in [-0.39, 0.29) is 6.61 Å². The van der Waals surface area contributed by atoms with E-state index in [9.17, 15) is 5.11 Å². The lowest BCUT2D eigenvalue weighted by atomic mass is 9.80. The molecule has 0 amide bonds. The van der Waals surface area contributed by atoms with Gasteiger partial charge in [0.25, 0.3) is 0 Å². The van der Waals surface area contributed by atoms with E-state index < -0.39 is 6.10 Å². The predicted molar refractivity (Wildman–Crippen MR) is 122 cm³/mol. The van der Waals surface area contributed by atoms with Crippen LogP contribution in [0.3, 0.4) is 0 Å². The second-order valence-electron chi connectivity index (χ2n) is 8.96. The zero-order chi connectivity index (χ0) is 21.1. The van der Waals surface area contributed by atoms with Gasteiger partial charge in [0.05, 0.1) is 0 Å². The molecule has 3 aromatic rings. The first-order valence-corrected chi connectivity index (χ1v) is 11.3. The molecule has 0 aliphatic carbocycles. The third-order valence-electron chi connectivity index (χ3n) is 6.83. The highest BCUT2D eigenvalue weighted by Crippen LogP contribution is 2.40. The number of ether oxygens (including phenoxy) is 2. The van der Waals surface area contributed by atoms with E-state index in [0.717, 1.165) is 61.4 Å². The SMILES string of the molecule is OC(COc1ccc2ccccc2c1-c1ccncc1)CN1CCC2(CCOCC2)C1. The van der Waals surface area contributed by atoms with Crippen molar-refractivity contribution in [2.24, 2.45) is 5.41 Å². The molecule has 2 aliphatic rings. The van der Waals surface area contributed by atoms with Crippen molar-refractivity contribution in [1.82, 2.24) is 9.88 Å². The van der Waals surface area contributed by atoms with Crippen LogP contribution in [0, 0.1) is 5.41 Å². The van der Waals surface area contributed by atoms with Crippen LogP contribution in [0.15, 0.2) is 60.9 Å². The van der Waals surface area contributed by atoms with Crippen LogP contribution in [0.1, 0.15) is 19.3 Å². The number of hydrogen-bond donors (Lipinski definition) is 1. The summed E-state index contributed by atoms with van der Waals surface area (Å²) in [5.74, 6) is 0.797. The summed E-state index contributed by atoms with van der Waals surface area (Å²) in [5, 5.41) is 13.0. The first-order chi connectivity index (χ1) is 15.2. The van der Waals surface area contributed by atoms with Crippen molar-refractivity contribution in [1.29, 1.82) is 0 Å². The highest BCUT2D eigenvalue weighted by atomic mass is 16.5. The maximum absolute atomic E-state index is 10.7. The monoisotopic (exact) mass is 418 g/mol. The minimum Gasteiger partial charge on any atom is -0.490 e. The summed E-state index contributed by atoms with van der Waals surface area (Å²) in [5.41, 5.74) is 2.51. The van der Waals surface area contributed by atoms with Crippen molar-refractivity contribution >= 4 is 10.8 Å². The molecule has 3 heterocycles. The molecule has 162 valence electrons. The Kier molecular flexibility index (Phi) is 5.90. The van der Waals surface area contributed by atoms with Gasteiger partial charge >= 0.3 is 0 Å². The van der Waals surface area contributed by atoms with Crippen molar-refractivity contribution in [3.63, 3.8) is 0 Å². The molecule has 2 aromatic carbocycles. The van der Waals surface area contributed by atoms with E-state index in [1.165, 1.54) is 11.8 Å². The second kappa shape index (κ2) is 8.95. The lowest BCUT2D eigenvalue weighted by Gasteiger charge is -2.33. The van der Waals surface area contributed by atoms with Gasteiger partial charge in [-0.15, -0.1) is 0 Å². The van der Waals surface area contributed by atoms with Gasteiger partial charge in [0, 0.05) is 44.3 Å². The number of hydrogen-bond acceptors (Lipinski definition) is 5. The van der Waals surface area contributed by atoms with Crippen molar-refractivity contribution < 1.29 is 14.6 Å². The smallest absolute Gasteiger partial charge is 0.127 e. The van der Waals surface area contributed by atoms with Gasteiger partial charge in [-0.1, -0.05) is 30.3 Å². The van der Waals surface area contributed by atoms with Gasteiger partial charge in [-0.05, 0) is 65.8 Å². The number of aliphatic hydroxyl groups excluding tert-OH is 1. The summed E-state index contributed by atoms with van der Waals surface area (Å²) >= 11 is 0. The molecule has 31 heavy (non-hydrogen) atoms. The molecule has 2 aliphatic heterocycles. The van der Waals surface area contributed by atoms with Gasteiger partial charge in [-0.3, -0.25) is 4.98 Å². The first-order valence-electron chi connectivity index (χ1n) is 11.3. The van der Waals surface area contributed by atoms with E-state index in [4.69, 9.17) is 9.47 Å². The molecule has 0 bridgehead atoms. The van der Waals surface area contributed by atoms with Gasteiger partial charge in [-0.25, -0.2) is 0 Å². The fraction of sp³-hybridized carbons (Fsp3) is 0.423. The zero-order valence-electron chi connectivity index (χ0n) is 17.9. The van der Waals surface area contributed by atoms with Crippen molar-refractivity contribution in [3.8, 4) is 16.9 Å². The van der Waals surface area contributed by atoms with E-state index in [1.54, 1.807) is 12.4 Å². The van der Waals surface area contributed by atoms with Gasteiger partial charge in [0.15, 0.2) is 0 Å². The molecule has 1 atom stereocenters. The van der Waals surface area contributed by atoms with Crippen LogP contribution < -0.4 is 4.74 Å². The Morgan fingerprint density at radius 1 is 1.03 bits per heavy atom. The Balaban J connectivity index is 1.29. The molecule has 5 heteroatoms. The number of aliphatic hydroxyl groups is 1. The van der Waals surface area contributed by atoms with Gasteiger partial charge in [-0.2, -0.15) is 0 Å². The van der Waals surface area contributed by atoms with Crippen LogP contribution in [0.25, 0.3) is 21.9 Å². The van der Waals surface area contributed by atoms with Crippen LogP contribution in [-0.4, -0.2) is 60.5 Å². The van der Waals surface area contributed by atoms with Crippen molar-refractivity contribution in [3.05, 3.63) is 60.9 Å².